The third-order valence-electron chi connectivity index (χ3n) is 3.22. The predicted molar refractivity (Wildman–Crippen MR) is 62.7 cm³/mol. The lowest BCUT2D eigenvalue weighted by molar-refractivity contribution is -0.139. The molecule has 2 nitrogen and oxygen atoms in total. The number of nitrogens with one attached hydrogen (secondary N) is 1. The van der Waals surface area contributed by atoms with Crippen molar-refractivity contribution in [3.05, 3.63) is 29.3 Å². The highest BCUT2D eigenvalue weighted by molar-refractivity contribution is 5.45. The van der Waals surface area contributed by atoms with E-state index in [1.54, 1.807) is 6.07 Å². The summed E-state index contributed by atoms with van der Waals surface area (Å²) in [4.78, 5) is 0. The zero-order chi connectivity index (χ0) is 13.2. The molecule has 1 aliphatic rings. The van der Waals surface area contributed by atoms with Gasteiger partial charge in [-0.05, 0) is 37.1 Å². The van der Waals surface area contributed by atoms with Gasteiger partial charge in [-0.25, -0.2) is 0 Å². The van der Waals surface area contributed by atoms with E-state index < -0.39 is 12.6 Å². The molecule has 1 aliphatic carbocycles. The van der Waals surface area contributed by atoms with E-state index in [9.17, 15) is 13.2 Å². The molecule has 1 N–H and O–H groups in total. The van der Waals surface area contributed by atoms with Gasteiger partial charge >= 0.3 is 6.18 Å². The van der Waals surface area contributed by atoms with Crippen LogP contribution in [0.1, 0.15) is 30.0 Å². The normalized spacial score (nSPS) is 18.8. The van der Waals surface area contributed by atoms with Crippen molar-refractivity contribution < 1.29 is 17.9 Å². The largest absolute Gasteiger partial charge is 0.493 e. The van der Waals surface area contributed by atoms with Crippen LogP contribution in [-0.4, -0.2) is 19.8 Å². The molecular weight excluding hydrogens is 243 g/mol. The van der Waals surface area contributed by atoms with Crippen LogP contribution in [0.15, 0.2) is 18.2 Å². The van der Waals surface area contributed by atoms with Gasteiger partial charge in [-0.15, -0.1) is 0 Å². The number of benzene rings is 1. The van der Waals surface area contributed by atoms with Crippen LogP contribution in [-0.2, 0) is 6.42 Å². The first-order chi connectivity index (χ1) is 8.51. The van der Waals surface area contributed by atoms with E-state index in [1.807, 2.05) is 19.2 Å². The fourth-order valence-corrected chi connectivity index (χ4v) is 2.33. The van der Waals surface area contributed by atoms with Crippen LogP contribution in [0.4, 0.5) is 13.2 Å². The molecule has 2 rings (SSSR count). The standard InChI is InChI=1S/C13H16F3NO/c1-17-11-6-5-10-9(11)3-2-4-12(10)18-8-7-13(14,15)16/h2-4,11,17H,5-8H2,1H3. The molecule has 0 heterocycles. The molecule has 0 amide bonds. The minimum Gasteiger partial charge on any atom is -0.493 e. The van der Waals surface area contributed by atoms with Gasteiger partial charge in [-0.2, -0.15) is 13.2 Å². The summed E-state index contributed by atoms with van der Waals surface area (Å²) in [6.07, 6.45) is -3.26. The molecule has 0 bridgehead atoms. The minimum atomic E-state index is -4.16. The number of hydrogen-bond donors (Lipinski definition) is 1. The number of fused-ring (bicyclic) bond motifs is 1. The molecule has 1 aromatic rings. The maximum Gasteiger partial charge on any atom is 0.392 e. The van der Waals surface area contributed by atoms with Crippen LogP contribution in [0.25, 0.3) is 0 Å². The van der Waals surface area contributed by atoms with Gasteiger partial charge in [0.2, 0.25) is 0 Å². The molecule has 100 valence electrons. The zero-order valence-corrected chi connectivity index (χ0v) is 10.2. The van der Waals surface area contributed by atoms with Crippen molar-refractivity contribution in [3.63, 3.8) is 0 Å². The summed E-state index contributed by atoms with van der Waals surface area (Å²) in [7, 11) is 1.89. The van der Waals surface area contributed by atoms with Crippen LogP contribution in [0, 0.1) is 0 Å². The van der Waals surface area contributed by atoms with Gasteiger partial charge in [0.25, 0.3) is 0 Å². The number of rotatable bonds is 4. The summed E-state index contributed by atoms with van der Waals surface area (Å²) in [5.41, 5.74) is 2.18. The molecule has 0 saturated carbocycles. The molecule has 18 heavy (non-hydrogen) atoms. The van der Waals surface area contributed by atoms with Gasteiger partial charge in [0.05, 0.1) is 13.0 Å². The lowest BCUT2D eigenvalue weighted by Crippen LogP contribution is -2.14. The van der Waals surface area contributed by atoms with E-state index in [0.29, 0.717) is 5.75 Å². The van der Waals surface area contributed by atoms with Crippen LogP contribution in [0.2, 0.25) is 0 Å². The molecule has 0 fully saturated rings. The molecular formula is C13H16F3NO. The Morgan fingerprint density at radius 2 is 2.17 bits per heavy atom. The molecule has 0 aliphatic heterocycles. The van der Waals surface area contributed by atoms with Gasteiger partial charge < -0.3 is 10.1 Å². The second kappa shape index (κ2) is 5.18. The summed E-state index contributed by atoms with van der Waals surface area (Å²) < 4.78 is 41.4. The Kier molecular flexibility index (Phi) is 3.80. The van der Waals surface area contributed by atoms with E-state index in [4.69, 9.17) is 4.74 Å². The fraction of sp³-hybridized carbons (Fsp3) is 0.538. The summed E-state index contributed by atoms with van der Waals surface area (Å²) >= 11 is 0. The van der Waals surface area contributed by atoms with Gasteiger partial charge in [0.1, 0.15) is 5.75 Å². The summed E-state index contributed by atoms with van der Waals surface area (Å²) in [6.45, 7) is -0.315. The molecule has 1 atom stereocenters. The minimum absolute atomic E-state index is 0.283. The first-order valence-electron chi connectivity index (χ1n) is 6.00. The second-order valence-electron chi connectivity index (χ2n) is 4.42. The number of alkyl halides is 3. The fourth-order valence-electron chi connectivity index (χ4n) is 2.33. The Bertz CT molecular complexity index is 417. The molecule has 1 unspecified atom stereocenters. The average molecular weight is 259 g/mol. The zero-order valence-electron chi connectivity index (χ0n) is 10.2. The quantitative estimate of drug-likeness (QED) is 0.896. The Labute approximate surface area is 104 Å². The first kappa shape index (κ1) is 13.2. The van der Waals surface area contributed by atoms with E-state index in [2.05, 4.69) is 5.32 Å². The topological polar surface area (TPSA) is 21.3 Å². The van der Waals surface area contributed by atoms with Gasteiger partial charge in [0.15, 0.2) is 0 Å². The highest BCUT2D eigenvalue weighted by Crippen LogP contribution is 2.36. The Hall–Kier alpha value is -1.23. The number of halogens is 3. The third-order valence-corrected chi connectivity index (χ3v) is 3.22. The number of hydrogen-bond acceptors (Lipinski definition) is 2. The molecule has 0 saturated heterocycles. The monoisotopic (exact) mass is 259 g/mol. The third kappa shape index (κ3) is 2.96. The maximum absolute atomic E-state index is 12.1. The molecule has 0 spiro atoms. The summed E-state index contributed by atoms with van der Waals surface area (Å²) in [5.74, 6) is 0.592. The van der Waals surface area contributed by atoms with Crippen molar-refractivity contribution in [3.8, 4) is 5.75 Å². The average Bonchev–Trinajstić information content (AvgIpc) is 2.71. The second-order valence-corrected chi connectivity index (χ2v) is 4.42. The van der Waals surface area contributed by atoms with Crippen LogP contribution < -0.4 is 10.1 Å². The molecule has 1 aromatic carbocycles. The Balaban J connectivity index is 2.04. The van der Waals surface area contributed by atoms with Crippen molar-refractivity contribution in [2.45, 2.75) is 31.5 Å². The van der Waals surface area contributed by atoms with E-state index in [1.165, 1.54) is 0 Å². The van der Waals surface area contributed by atoms with Gasteiger partial charge in [-0.1, -0.05) is 12.1 Å². The lowest BCUT2D eigenvalue weighted by Gasteiger charge is -2.13. The highest BCUT2D eigenvalue weighted by Gasteiger charge is 2.28. The van der Waals surface area contributed by atoms with Gasteiger partial charge in [-0.3, -0.25) is 0 Å². The van der Waals surface area contributed by atoms with Crippen molar-refractivity contribution in [2.24, 2.45) is 0 Å². The van der Waals surface area contributed by atoms with E-state index in [0.717, 1.165) is 24.0 Å². The predicted octanol–water partition coefficient (Wildman–Crippen LogP) is 3.22. The molecule has 0 radical (unpaired) electrons. The van der Waals surface area contributed by atoms with Crippen LogP contribution in [0.5, 0.6) is 5.75 Å². The smallest absolute Gasteiger partial charge is 0.392 e. The van der Waals surface area contributed by atoms with Crippen molar-refractivity contribution in [1.29, 1.82) is 0 Å². The number of ether oxygens (including phenoxy) is 1. The first-order valence-corrected chi connectivity index (χ1v) is 6.00. The van der Waals surface area contributed by atoms with E-state index in [-0.39, 0.29) is 12.6 Å². The lowest BCUT2D eigenvalue weighted by atomic mass is 10.1. The van der Waals surface area contributed by atoms with Gasteiger partial charge in [0, 0.05) is 6.04 Å². The van der Waals surface area contributed by atoms with Crippen molar-refractivity contribution >= 4 is 0 Å². The molecule has 0 aromatic heterocycles. The van der Waals surface area contributed by atoms with E-state index >= 15 is 0 Å². The summed E-state index contributed by atoms with van der Waals surface area (Å²) in [5, 5.41) is 3.19. The van der Waals surface area contributed by atoms with Crippen molar-refractivity contribution in [1.82, 2.24) is 5.32 Å². The van der Waals surface area contributed by atoms with Crippen molar-refractivity contribution in [2.75, 3.05) is 13.7 Å². The maximum atomic E-state index is 12.1. The highest BCUT2D eigenvalue weighted by atomic mass is 19.4. The van der Waals surface area contributed by atoms with Crippen LogP contribution >= 0.6 is 0 Å². The van der Waals surface area contributed by atoms with Crippen LogP contribution in [0.3, 0.4) is 0 Å². The Morgan fingerprint density at radius 3 is 2.83 bits per heavy atom. The SMILES string of the molecule is CNC1CCc2c(OCCC(F)(F)F)cccc21. The summed E-state index contributed by atoms with van der Waals surface area (Å²) in [6, 6.07) is 5.86. The Morgan fingerprint density at radius 1 is 1.39 bits per heavy atom. The molecule has 5 heteroatoms.